The molecule has 18 heavy (non-hydrogen) atoms. The van der Waals surface area contributed by atoms with Gasteiger partial charge < -0.3 is 5.11 Å². The summed E-state index contributed by atoms with van der Waals surface area (Å²) in [6, 6.07) is 8.62. The molecule has 1 nitrogen and oxygen atoms in total. The molecule has 0 aromatic heterocycles. The van der Waals surface area contributed by atoms with E-state index in [1.54, 1.807) is 0 Å². The maximum Gasteiger partial charge on any atom is 0.0880 e. The van der Waals surface area contributed by atoms with Crippen LogP contribution < -0.4 is 0 Å². The summed E-state index contributed by atoms with van der Waals surface area (Å²) in [5, 5.41) is 10.8. The quantitative estimate of drug-likeness (QED) is 0.815. The molecule has 1 aliphatic carbocycles. The third kappa shape index (κ3) is 3.52. The van der Waals surface area contributed by atoms with E-state index in [0.717, 1.165) is 23.7 Å². The van der Waals surface area contributed by atoms with Crippen LogP contribution in [0.4, 0.5) is 0 Å². The molecule has 0 aliphatic heterocycles. The molecule has 1 fully saturated rings. The van der Waals surface area contributed by atoms with Gasteiger partial charge in [0.25, 0.3) is 0 Å². The molecule has 2 heteroatoms. The van der Waals surface area contributed by atoms with E-state index in [0.29, 0.717) is 5.25 Å². The first-order valence-electron chi connectivity index (χ1n) is 7.10. The number of aliphatic hydroxyl groups is 1. The molecule has 0 heterocycles. The van der Waals surface area contributed by atoms with Crippen LogP contribution in [0, 0.1) is 0 Å². The lowest BCUT2D eigenvalue weighted by atomic mass is 9.80. The van der Waals surface area contributed by atoms with Crippen LogP contribution in [0.3, 0.4) is 0 Å². The molecule has 100 valence electrons. The van der Waals surface area contributed by atoms with Crippen molar-refractivity contribution in [2.45, 2.75) is 56.8 Å². The lowest BCUT2D eigenvalue weighted by Crippen LogP contribution is -2.09. The van der Waals surface area contributed by atoms with Crippen LogP contribution in [0.25, 0.3) is 0 Å². The summed E-state index contributed by atoms with van der Waals surface area (Å²) in [5.41, 5.74) is 2.51. The van der Waals surface area contributed by atoms with E-state index in [4.69, 9.17) is 0 Å². The second-order valence-corrected chi connectivity index (χ2v) is 6.83. The van der Waals surface area contributed by atoms with Gasteiger partial charge in [0.2, 0.25) is 0 Å². The third-order valence-electron chi connectivity index (χ3n) is 4.01. The third-order valence-corrected chi connectivity index (χ3v) is 5.42. The Morgan fingerprint density at radius 2 is 1.94 bits per heavy atom. The first-order valence-corrected chi connectivity index (χ1v) is 8.15. The Balaban J connectivity index is 1.87. The van der Waals surface area contributed by atoms with Crippen LogP contribution in [0.5, 0.6) is 0 Å². The van der Waals surface area contributed by atoms with E-state index in [1.165, 1.54) is 24.8 Å². The largest absolute Gasteiger partial charge is 0.388 e. The van der Waals surface area contributed by atoms with E-state index < -0.39 is 0 Å². The first-order chi connectivity index (χ1) is 8.70. The van der Waals surface area contributed by atoms with Crippen LogP contribution in [0.1, 0.15) is 62.7 Å². The topological polar surface area (TPSA) is 20.2 Å². The van der Waals surface area contributed by atoms with Gasteiger partial charge in [-0.3, -0.25) is 0 Å². The summed E-state index contributed by atoms with van der Waals surface area (Å²) in [6.07, 6.45) is 4.90. The Labute approximate surface area is 115 Å². The summed E-state index contributed by atoms with van der Waals surface area (Å²) in [4.78, 5) is 0. The number of hydrogen-bond acceptors (Lipinski definition) is 2. The van der Waals surface area contributed by atoms with Gasteiger partial charge >= 0.3 is 0 Å². The zero-order chi connectivity index (χ0) is 13.0. The summed E-state index contributed by atoms with van der Waals surface area (Å²) in [7, 11) is 0. The van der Waals surface area contributed by atoms with Crippen molar-refractivity contribution in [1.29, 1.82) is 0 Å². The van der Waals surface area contributed by atoms with E-state index in [1.807, 2.05) is 11.8 Å². The van der Waals surface area contributed by atoms with Crippen molar-refractivity contribution in [3.8, 4) is 0 Å². The van der Waals surface area contributed by atoms with Gasteiger partial charge in [0.05, 0.1) is 6.10 Å². The Morgan fingerprint density at radius 1 is 1.28 bits per heavy atom. The lowest BCUT2D eigenvalue weighted by molar-refractivity contribution is 0.204. The van der Waals surface area contributed by atoms with Gasteiger partial charge in [-0.15, -0.1) is 0 Å². The predicted molar refractivity (Wildman–Crippen MR) is 80.2 cm³/mol. The zero-order valence-electron chi connectivity index (χ0n) is 11.4. The van der Waals surface area contributed by atoms with E-state index in [2.05, 4.69) is 38.1 Å². The minimum Gasteiger partial charge on any atom is -0.388 e. The maximum atomic E-state index is 10.1. The van der Waals surface area contributed by atoms with Crippen molar-refractivity contribution in [3.63, 3.8) is 0 Å². The van der Waals surface area contributed by atoms with Crippen molar-refractivity contribution in [3.05, 3.63) is 35.4 Å². The van der Waals surface area contributed by atoms with Gasteiger partial charge in [0, 0.05) is 11.0 Å². The molecule has 2 atom stereocenters. The predicted octanol–water partition coefficient (Wildman–Crippen LogP) is 4.52. The number of thioether (sulfide) groups is 1. The molecule has 0 amide bonds. The van der Waals surface area contributed by atoms with Gasteiger partial charge in [0.15, 0.2) is 0 Å². The molecule has 0 radical (unpaired) electrons. The highest BCUT2D eigenvalue weighted by molar-refractivity contribution is 7.99. The van der Waals surface area contributed by atoms with E-state index >= 15 is 0 Å². The Morgan fingerprint density at radius 3 is 2.44 bits per heavy atom. The fraction of sp³-hybridized carbons (Fsp3) is 0.625. The van der Waals surface area contributed by atoms with Crippen molar-refractivity contribution in [2.75, 3.05) is 5.75 Å². The van der Waals surface area contributed by atoms with Crippen LogP contribution >= 0.6 is 11.8 Å². The second-order valence-electron chi connectivity index (χ2n) is 5.36. The van der Waals surface area contributed by atoms with Gasteiger partial charge in [-0.25, -0.2) is 0 Å². The molecule has 2 rings (SSSR count). The summed E-state index contributed by atoms with van der Waals surface area (Å²) < 4.78 is 0. The second kappa shape index (κ2) is 6.63. The molecule has 1 saturated carbocycles. The van der Waals surface area contributed by atoms with Crippen molar-refractivity contribution in [2.24, 2.45) is 0 Å². The van der Waals surface area contributed by atoms with Gasteiger partial charge in [0.1, 0.15) is 0 Å². The average Bonchev–Trinajstić information content (AvgIpc) is 2.34. The van der Waals surface area contributed by atoms with E-state index in [-0.39, 0.29) is 6.10 Å². The van der Waals surface area contributed by atoms with Gasteiger partial charge in [-0.05, 0) is 36.3 Å². The first kappa shape index (κ1) is 14.0. The number of aliphatic hydroxyl groups excluding tert-OH is 1. The monoisotopic (exact) mass is 264 g/mol. The molecule has 0 bridgehead atoms. The highest BCUT2D eigenvalue weighted by Gasteiger charge is 2.19. The average molecular weight is 264 g/mol. The minimum atomic E-state index is -0.320. The highest BCUT2D eigenvalue weighted by atomic mass is 32.2. The number of benzene rings is 1. The van der Waals surface area contributed by atoms with Crippen molar-refractivity contribution >= 4 is 11.8 Å². The lowest BCUT2D eigenvalue weighted by Gasteiger charge is -2.26. The molecular weight excluding hydrogens is 240 g/mol. The molecule has 1 aromatic carbocycles. The molecule has 1 N–H and O–H groups in total. The Hall–Kier alpha value is -0.470. The van der Waals surface area contributed by atoms with Crippen LogP contribution in [-0.4, -0.2) is 16.1 Å². The molecule has 0 saturated heterocycles. The summed E-state index contributed by atoms with van der Waals surface area (Å²) in [5.74, 6) is 1.59. The zero-order valence-corrected chi connectivity index (χ0v) is 12.2. The highest BCUT2D eigenvalue weighted by Crippen LogP contribution is 2.36. The van der Waals surface area contributed by atoms with E-state index in [9.17, 15) is 5.11 Å². The van der Waals surface area contributed by atoms with Gasteiger partial charge in [-0.1, -0.05) is 44.5 Å². The smallest absolute Gasteiger partial charge is 0.0880 e. The fourth-order valence-corrected chi connectivity index (χ4v) is 3.14. The Kier molecular flexibility index (Phi) is 5.13. The molecule has 0 spiro atoms. The maximum absolute atomic E-state index is 10.1. The number of rotatable bonds is 6. The molecular formula is C16H24OS. The Bertz CT molecular complexity index is 356. The minimum absolute atomic E-state index is 0.320. The molecule has 1 aliphatic rings. The van der Waals surface area contributed by atoms with Crippen LogP contribution in [0.2, 0.25) is 0 Å². The normalized spacial score (nSPS) is 19.3. The van der Waals surface area contributed by atoms with Crippen LogP contribution in [-0.2, 0) is 0 Å². The van der Waals surface area contributed by atoms with Crippen molar-refractivity contribution < 1.29 is 5.11 Å². The SMILES string of the molecule is CCC(C)SCC(O)c1ccc(C2CCC2)cc1. The standard InChI is InChI=1S/C16H24OS/c1-3-12(2)18-11-16(17)15-9-7-14(8-10-15)13-5-4-6-13/h7-10,12-13,16-17H,3-6,11H2,1-2H3. The van der Waals surface area contributed by atoms with Gasteiger partial charge in [-0.2, -0.15) is 11.8 Å². The van der Waals surface area contributed by atoms with Crippen LogP contribution in [0.15, 0.2) is 24.3 Å². The number of hydrogen-bond donors (Lipinski definition) is 1. The molecule has 1 aromatic rings. The molecule has 2 unspecified atom stereocenters. The van der Waals surface area contributed by atoms with Crippen molar-refractivity contribution in [1.82, 2.24) is 0 Å². The fourth-order valence-electron chi connectivity index (χ4n) is 2.20. The summed E-state index contributed by atoms with van der Waals surface area (Å²) >= 11 is 1.86. The summed E-state index contributed by atoms with van der Waals surface area (Å²) in [6.45, 7) is 4.41.